The lowest BCUT2D eigenvalue weighted by molar-refractivity contribution is -0.128. The minimum Gasteiger partial charge on any atom is -0.493 e. The number of ether oxygens (including phenoxy) is 2. The first-order valence-corrected chi connectivity index (χ1v) is 7.19. The highest BCUT2D eigenvalue weighted by Gasteiger charge is 2.22. The second-order valence-electron chi connectivity index (χ2n) is 5.23. The van der Waals surface area contributed by atoms with E-state index in [0.717, 1.165) is 12.8 Å². The number of carbonyl (C=O) groups is 1. The van der Waals surface area contributed by atoms with E-state index in [1.807, 2.05) is 6.07 Å². The van der Waals surface area contributed by atoms with Crippen LogP contribution in [0.2, 0.25) is 0 Å². The van der Waals surface area contributed by atoms with Crippen LogP contribution in [0.5, 0.6) is 11.5 Å². The predicted molar refractivity (Wildman–Crippen MR) is 78.2 cm³/mol. The number of nitriles is 1. The zero-order chi connectivity index (χ0) is 15.2. The van der Waals surface area contributed by atoms with Gasteiger partial charge in [-0.15, -0.1) is 0 Å². The Bertz CT molecular complexity index is 545. The van der Waals surface area contributed by atoms with Gasteiger partial charge in [0.05, 0.1) is 18.7 Å². The summed E-state index contributed by atoms with van der Waals surface area (Å²) in [5, 5.41) is 11.9. The lowest BCUT2D eigenvalue weighted by Gasteiger charge is -2.19. The zero-order valence-corrected chi connectivity index (χ0v) is 12.4. The molecule has 0 radical (unpaired) electrons. The molecule has 1 aliphatic rings. The molecule has 1 saturated carbocycles. The molecule has 2 rings (SSSR count). The number of hydrogen-bond acceptors (Lipinski definition) is 4. The summed E-state index contributed by atoms with van der Waals surface area (Å²) in [4.78, 5) is 12.1. The number of benzene rings is 1. The Balaban J connectivity index is 1.99. The molecule has 1 fully saturated rings. The normalized spacial score (nSPS) is 16.0. The molecule has 0 aromatic heterocycles. The van der Waals surface area contributed by atoms with Gasteiger partial charge in [-0.05, 0) is 31.9 Å². The second-order valence-corrected chi connectivity index (χ2v) is 5.23. The van der Waals surface area contributed by atoms with E-state index in [0.29, 0.717) is 17.1 Å². The van der Waals surface area contributed by atoms with E-state index in [1.165, 1.54) is 20.0 Å². The maximum Gasteiger partial charge on any atom is 0.260 e. The van der Waals surface area contributed by atoms with Crippen LogP contribution in [-0.4, -0.2) is 25.2 Å². The summed E-state index contributed by atoms with van der Waals surface area (Å²) in [6.07, 6.45) is 3.82. The molecule has 0 heterocycles. The van der Waals surface area contributed by atoms with Crippen molar-refractivity contribution in [2.24, 2.45) is 0 Å². The number of carbonyl (C=O) groups excluding carboxylic acids is 1. The molecule has 0 bridgehead atoms. The fraction of sp³-hybridized carbons (Fsp3) is 0.500. The van der Waals surface area contributed by atoms with E-state index in [-0.39, 0.29) is 11.9 Å². The average molecular weight is 288 g/mol. The monoisotopic (exact) mass is 288 g/mol. The van der Waals surface area contributed by atoms with Crippen LogP contribution in [-0.2, 0) is 4.79 Å². The third kappa shape index (κ3) is 3.88. The Kier molecular flexibility index (Phi) is 5.04. The van der Waals surface area contributed by atoms with Gasteiger partial charge >= 0.3 is 0 Å². The highest BCUT2D eigenvalue weighted by Crippen LogP contribution is 2.28. The number of nitrogens with zero attached hydrogens (tertiary/aromatic N) is 1. The second kappa shape index (κ2) is 6.98. The number of amides is 1. The molecule has 0 saturated heterocycles. The first kappa shape index (κ1) is 15.2. The Labute approximate surface area is 124 Å². The third-order valence-electron chi connectivity index (χ3n) is 3.67. The Morgan fingerprint density at radius 2 is 2.10 bits per heavy atom. The quantitative estimate of drug-likeness (QED) is 0.903. The van der Waals surface area contributed by atoms with E-state index in [2.05, 4.69) is 5.32 Å². The van der Waals surface area contributed by atoms with E-state index >= 15 is 0 Å². The van der Waals surface area contributed by atoms with Gasteiger partial charge < -0.3 is 14.8 Å². The standard InChI is InChI=1S/C16H20N2O3/c1-11(16(19)18-13-5-3-4-6-13)21-14-8-7-12(10-17)9-15(14)20-2/h7-9,11,13H,3-6H2,1-2H3,(H,18,19)/t11-/m0/s1. The molecule has 5 nitrogen and oxygen atoms in total. The Morgan fingerprint density at radius 3 is 2.71 bits per heavy atom. The molecule has 5 heteroatoms. The van der Waals surface area contributed by atoms with E-state index in [9.17, 15) is 4.79 Å². The van der Waals surface area contributed by atoms with E-state index in [4.69, 9.17) is 14.7 Å². The molecule has 1 N–H and O–H groups in total. The van der Waals surface area contributed by atoms with Gasteiger partial charge in [0.2, 0.25) is 0 Å². The van der Waals surface area contributed by atoms with Crippen LogP contribution in [0.25, 0.3) is 0 Å². The summed E-state index contributed by atoms with van der Waals surface area (Å²) in [7, 11) is 1.51. The molecule has 1 aromatic carbocycles. The van der Waals surface area contributed by atoms with Gasteiger partial charge in [0.1, 0.15) is 0 Å². The molecule has 1 amide bonds. The van der Waals surface area contributed by atoms with Crippen LogP contribution in [0.3, 0.4) is 0 Å². The van der Waals surface area contributed by atoms with Gasteiger partial charge in [-0.2, -0.15) is 5.26 Å². The minimum absolute atomic E-state index is 0.117. The first-order valence-electron chi connectivity index (χ1n) is 7.19. The lowest BCUT2D eigenvalue weighted by atomic mass is 10.2. The molecule has 1 aromatic rings. The van der Waals surface area contributed by atoms with Gasteiger partial charge in [0.25, 0.3) is 5.91 Å². The topological polar surface area (TPSA) is 71.3 Å². The summed E-state index contributed by atoms with van der Waals surface area (Å²) < 4.78 is 10.9. The fourth-order valence-electron chi connectivity index (χ4n) is 2.47. The van der Waals surface area contributed by atoms with Gasteiger partial charge in [-0.3, -0.25) is 4.79 Å². The first-order chi connectivity index (χ1) is 10.1. The van der Waals surface area contributed by atoms with Crippen LogP contribution >= 0.6 is 0 Å². The third-order valence-corrected chi connectivity index (χ3v) is 3.67. The van der Waals surface area contributed by atoms with Gasteiger partial charge in [0, 0.05) is 12.1 Å². The molecule has 112 valence electrons. The van der Waals surface area contributed by atoms with Gasteiger partial charge in [-0.25, -0.2) is 0 Å². The largest absolute Gasteiger partial charge is 0.493 e. The number of rotatable bonds is 5. The average Bonchev–Trinajstić information content (AvgIpc) is 3.00. The summed E-state index contributed by atoms with van der Waals surface area (Å²) in [5.41, 5.74) is 0.488. The summed E-state index contributed by atoms with van der Waals surface area (Å²) in [6.45, 7) is 1.71. The molecule has 0 unspecified atom stereocenters. The maximum atomic E-state index is 12.1. The molecule has 21 heavy (non-hydrogen) atoms. The minimum atomic E-state index is -0.604. The molecule has 1 aliphatic carbocycles. The van der Waals surface area contributed by atoms with Crippen molar-refractivity contribution in [3.63, 3.8) is 0 Å². The van der Waals surface area contributed by atoms with Crippen molar-refractivity contribution >= 4 is 5.91 Å². The van der Waals surface area contributed by atoms with Crippen molar-refractivity contribution in [1.82, 2.24) is 5.32 Å². The maximum absolute atomic E-state index is 12.1. The van der Waals surface area contributed by atoms with Gasteiger partial charge in [0.15, 0.2) is 17.6 Å². The predicted octanol–water partition coefficient (Wildman–Crippen LogP) is 2.39. The Hall–Kier alpha value is -2.22. The summed E-state index contributed by atoms with van der Waals surface area (Å²) in [6, 6.07) is 7.19. The number of nitrogens with one attached hydrogen (secondary N) is 1. The van der Waals surface area contributed by atoms with Crippen molar-refractivity contribution < 1.29 is 14.3 Å². The SMILES string of the molecule is COc1cc(C#N)ccc1O[C@@H](C)C(=O)NC1CCCC1. The summed E-state index contributed by atoms with van der Waals surface area (Å²) >= 11 is 0. The van der Waals surface area contributed by atoms with Crippen molar-refractivity contribution in [2.75, 3.05) is 7.11 Å². The summed E-state index contributed by atoms with van der Waals surface area (Å²) in [5.74, 6) is 0.799. The molecular formula is C16H20N2O3. The molecular weight excluding hydrogens is 268 g/mol. The molecule has 1 atom stereocenters. The highest BCUT2D eigenvalue weighted by atomic mass is 16.5. The van der Waals surface area contributed by atoms with Crippen LogP contribution in [0.4, 0.5) is 0 Å². The lowest BCUT2D eigenvalue weighted by Crippen LogP contribution is -2.41. The zero-order valence-electron chi connectivity index (χ0n) is 12.4. The van der Waals surface area contributed by atoms with Gasteiger partial charge in [-0.1, -0.05) is 12.8 Å². The fourth-order valence-corrected chi connectivity index (χ4v) is 2.47. The van der Waals surface area contributed by atoms with Crippen molar-refractivity contribution in [2.45, 2.75) is 44.8 Å². The van der Waals surface area contributed by atoms with Crippen LogP contribution < -0.4 is 14.8 Å². The molecule has 0 aliphatic heterocycles. The molecule has 0 spiro atoms. The highest BCUT2D eigenvalue weighted by molar-refractivity contribution is 5.81. The van der Waals surface area contributed by atoms with Crippen molar-refractivity contribution in [3.05, 3.63) is 23.8 Å². The number of hydrogen-bond donors (Lipinski definition) is 1. The van der Waals surface area contributed by atoms with Crippen molar-refractivity contribution in [1.29, 1.82) is 5.26 Å². The van der Waals surface area contributed by atoms with Crippen LogP contribution in [0.15, 0.2) is 18.2 Å². The van der Waals surface area contributed by atoms with Crippen molar-refractivity contribution in [3.8, 4) is 17.6 Å². The van der Waals surface area contributed by atoms with Crippen LogP contribution in [0.1, 0.15) is 38.2 Å². The smallest absolute Gasteiger partial charge is 0.260 e. The van der Waals surface area contributed by atoms with Crippen LogP contribution in [0, 0.1) is 11.3 Å². The van der Waals surface area contributed by atoms with E-state index in [1.54, 1.807) is 25.1 Å². The number of methoxy groups -OCH3 is 1. The van der Waals surface area contributed by atoms with E-state index < -0.39 is 6.10 Å². The Morgan fingerprint density at radius 1 is 1.38 bits per heavy atom.